The van der Waals surface area contributed by atoms with Gasteiger partial charge in [0.2, 0.25) is 0 Å². The van der Waals surface area contributed by atoms with E-state index < -0.39 is 0 Å². The maximum Gasteiger partial charge on any atom is 0.135 e. The molecule has 1 aromatic rings. The van der Waals surface area contributed by atoms with Crippen molar-refractivity contribution in [3.8, 4) is 0 Å². The molecule has 2 heterocycles. The zero-order valence-electron chi connectivity index (χ0n) is 7.24. The van der Waals surface area contributed by atoms with Crippen molar-refractivity contribution in [3.63, 3.8) is 0 Å². The van der Waals surface area contributed by atoms with Gasteiger partial charge in [0.05, 0.1) is 10.0 Å². The lowest BCUT2D eigenvalue weighted by Gasteiger charge is -2.22. The van der Waals surface area contributed by atoms with Gasteiger partial charge in [-0.25, -0.2) is 5.84 Å². The van der Waals surface area contributed by atoms with E-state index in [1.165, 1.54) is 23.3 Å². The van der Waals surface area contributed by atoms with Crippen molar-refractivity contribution >= 4 is 46.4 Å². The summed E-state index contributed by atoms with van der Waals surface area (Å²) in [6.07, 6.45) is 2.44. The third-order valence-electron chi connectivity index (χ3n) is 1.75. The zero-order chi connectivity index (χ0) is 10.1. The second-order valence-electron chi connectivity index (χ2n) is 2.68. The maximum atomic E-state index is 5.89. The number of halogens is 1. The lowest BCUT2D eigenvalue weighted by Crippen LogP contribution is -2.38. The molecule has 0 saturated heterocycles. The maximum absolute atomic E-state index is 5.89. The van der Waals surface area contributed by atoms with E-state index in [0.29, 0.717) is 6.42 Å². The van der Waals surface area contributed by atoms with Crippen molar-refractivity contribution in [3.05, 3.63) is 23.1 Å². The van der Waals surface area contributed by atoms with Gasteiger partial charge in [0.1, 0.15) is 10.0 Å². The van der Waals surface area contributed by atoms with E-state index >= 15 is 0 Å². The molecule has 0 radical (unpaired) electrons. The number of thiophene rings is 1. The molecule has 0 atom stereocenters. The molecule has 0 aliphatic carbocycles. The van der Waals surface area contributed by atoms with Crippen LogP contribution in [0.2, 0.25) is 4.34 Å². The van der Waals surface area contributed by atoms with Crippen molar-refractivity contribution < 1.29 is 0 Å². The highest BCUT2D eigenvalue weighted by Gasteiger charge is 2.21. The molecule has 0 bridgehead atoms. The molecule has 14 heavy (non-hydrogen) atoms. The first-order valence-electron chi connectivity index (χ1n) is 3.91. The largest absolute Gasteiger partial charge is 0.263 e. The first kappa shape index (κ1) is 10.0. The standard InChI is InChI=1S/C8H8ClN3S2/c1-2-3-7-11-14-8-5(12(7)10)4-6(9)13-8/h2,4H,1,3,10H2. The molecular formula is C8H8ClN3S2. The van der Waals surface area contributed by atoms with E-state index in [0.717, 1.165) is 20.1 Å². The van der Waals surface area contributed by atoms with Gasteiger partial charge in [0, 0.05) is 18.4 Å². The van der Waals surface area contributed by atoms with Crippen molar-refractivity contribution in [1.82, 2.24) is 0 Å². The number of hydrazine groups is 1. The molecule has 2 rings (SSSR count). The molecule has 0 fully saturated rings. The average molecular weight is 246 g/mol. The van der Waals surface area contributed by atoms with Crippen LogP contribution in [0.3, 0.4) is 0 Å². The van der Waals surface area contributed by atoms with Crippen molar-refractivity contribution in [2.45, 2.75) is 10.6 Å². The number of hydrogen-bond donors (Lipinski definition) is 1. The van der Waals surface area contributed by atoms with Gasteiger partial charge in [-0.05, 0) is 6.07 Å². The minimum atomic E-state index is 0.663. The Morgan fingerprint density at radius 1 is 1.71 bits per heavy atom. The first-order chi connectivity index (χ1) is 6.72. The Labute approximate surface area is 95.4 Å². The summed E-state index contributed by atoms with van der Waals surface area (Å²) in [5.74, 6) is 6.68. The van der Waals surface area contributed by atoms with Crippen molar-refractivity contribution in [1.29, 1.82) is 0 Å². The van der Waals surface area contributed by atoms with E-state index in [9.17, 15) is 0 Å². The fourth-order valence-corrected chi connectivity index (χ4v) is 3.33. The molecule has 0 amide bonds. The minimum Gasteiger partial charge on any atom is -0.263 e. The SMILES string of the molecule is C=CCC1=NSc2sc(Cl)cc2N1N. The van der Waals surface area contributed by atoms with Gasteiger partial charge in [-0.2, -0.15) is 4.40 Å². The zero-order valence-corrected chi connectivity index (χ0v) is 9.62. The Bertz CT molecular complexity index is 399. The lowest BCUT2D eigenvalue weighted by molar-refractivity contribution is 1.08. The fraction of sp³-hybridized carbons (Fsp3) is 0.125. The van der Waals surface area contributed by atoms with Crippen LogP contribution >= 0.6 is 34.9 Å². The molecule has 1 aliphatic heterocycles. The Morgan fingerprint density at radius 3 is 3.21 bits per heavy atom. The van der Waals surface area contributed by atoms with E-state index in [-0.39, 0.29) is 0 Å². The molecule has 74 valence electrons. The Kier molecular flexibility index (Phi) is 2.83. The van der Waals surface area contributed by atoms with Crippen LogP contribution in [0.15, 0.2) is 27.3 Å². The summed E-state index contributed by atoms with van der Waals surface area (Å²) in [5.41, 5.74) is 0.928. The van der Waals surface area contributed by atoms with E-state index in [1.54, 1.807) is 11.1 Å². The predicted octanol–water partition coefficient (Wildman–Crippen LogP) is 3.08. The van der Waals surface area contributed by atoms with Gasteiger partial charge in [-0.15, -0.1) is 17.9 Å². The van der Waals surface area contributed by atoms with Crippen LogP contribution in [0, 0.1) is 0 Å². The molecule has 1 aromatic heterocycles. The second kappa shape index (κ2) is 3.94. The lowest BCUT2D eigenvalue weighted by atomic mass is 10.3. The molecule has 0 aromatic carbocycles. The summed E-state index contributed by atoms with van der Waals surface area (Å²) < 4.78 is 6.03. The second-order valence-corrected chi connectivity index (χ2v) is 5.40. The molecule has 3 nitrogen and oxygen atoms in total. The molecule has 2 N–H and O–H groups in total. The molecule has 6 heteroatoms. The molecule has 0 unspecified atom stereocenters. The number of nitrogens with zero attached hydrogens (tertiary/aromatic N) is 2. The van der Waals surface area contributed by atoms with Crippen LogP contribution in [-0.2, 0) is 0 Å². The van der Waals surface area contributed by atoms with Crippen molar-refractivity contribution in [2.24, 2.45) is 10.2 Å². The van der Waals surface area contributed by atoms with Gasteiger partial charge in [-0.3, -0.25) is 5.01 Å². The van der Waals surface area contributed by atoms with Crippen LogP contribution in [0.25, 0.3) is 0 Å². The normalized spacial score (nSPS) is 15.0. The molecule has 1 aliphatic rings. The number of fused-ring (bicyclic) bond motifs is 1. The van der Waals surface area contributed by atoms with Gasteiger partial charge in [-0.1, -0.05) is 17.7 Å². The number of nitrogens with two attached hydrogens (primary N) is 1. The quantitative estimate of drug-likeness (QED) is 0.495. The highest BCUT2D eigenvalue weighted by atomic mass is 35.5. The summed E-state index contributed by atoms with van der Waals surface area (Å²) in [6, 6.07) is 1.85. The van der Waals surface area contributed by atoms with Crippen LogP contribution in [0.5, 0.6) is 0 Å². The minimum absolute atomic E-state index is 0.663. The number of anilines is 1. The number of hydrogen-bond acceptors (Lipinski definition) is 5. The molecule has 0 saturated carbocycles. The third kappa shape index (κ3) is 1.68. The monoisotopic (exact) mass is 245 g/mol. The topological polar surface area (TPSA) is 41.6 Å². The summed E-state index contributed by atoms with van der Waals surface area (Å²) in [6.45, 7) is 3.65. The smallest absolute Gasteiger partial charge is 0.135 e. The summed E-state index contributed by atoms with van der Waals surface area (Å²) in [5, 5.41) is 1.57. The van der Waals surface area contributed by atoms with Crippen LogP contribution in [0.1, 0.15) is 6.42 Å². The van der Waals surface area contributed by atoms with Gasteiger partial charge in [0.15, 0.2) is 0 Å². The van der Waals surface area contributed by atoms with E-state index in [4.69, 9.17) is 17.4 Å². The highest BCUT2D eigenvalue weighted by molar-refractivity contribution is 8.00. The third-order valence-corrected chi connectivity index (χ3v) is 3.95. The first-order valence-corrected chi connectivity index (χ1v) is 5.88. The summed E-state index contributed by atoms with van der Waals surface area (Å²) in [7, 11) is 0. The highest BCUT2D eigenvalue weighted by Crippen LogP contribution is 2.43. The molecule has 0 spiro atoms. The van der Waals surface area contributed by atoms with Gasteiger partial charge < -0.3 is 0 Å². The van der Waals surface area contributed by atoms with Gasteiger partial charge in [0.25, 0.3) is 0 Å². The molecular weight excluding hydrogens is 238 g/mol. The van der Waals surface area contributed by atoms with E-state index in [1.807, 2.05) is 6.07 Å². The van der Waals surface area contributed by atoms with E-state index in [2.05, 4.69) is 11.0 Å². The van der Waals surface area contributed by atoms with Crippen LogP contribution in [-0.4, -0.2) is 5.84 Å². The van der Waals surface area contributed by atoms with Crippen molar-refractivity contribution in [2.75, 3.05) is 5.01 Å². The Hall–Kier alpha value is -0.490. The number of amidine groups is 1. The number of rotatable bonds is 2. The summed E-state index contributed by atoms with van der Waals surface area (Å²) >= 11 is 8.79. The Morgan fingerprint density at radius 2 is 2.50 bits per heavy atom. The van der Waals surface area contributed by atoms with Gasteiger partial charge >= 0.3 is 0 Å². The Balaban J connectivity index is 2.32. The fourth-order valence-electron chi connectivity index (χ4n) is 1.11. The average Bonchev–Trinajstić information content (AvgIpc) is 2.52. The van der Waals surface area contributed by atoms with Crippen LogP contribution in [0.4, 0.5) is 5.69 Å². The van der Waals surface area contributed by atoms with Crippen LogP contribution < -0.4 is 10.9 Å². The summed E-state index contributed by atoms with van der Waals surface area (Å²) in [4.78, 5) is 0. The predicted molar refractivity (Wildman–Crippen MR) is 64.1 cm³/mol.